The van der Waals surface area contributed by atoms with Crippen LogP contribution >= 0.6 is 35.7 Å². The second-order valence-corrected chi connectivity index (χ2v) is 9.27. The first-order valence-corrected chi connectivity index (χ1v) is 11.2. The Hall–Kier alpha value is -0.470. The van der Waals surface area contributed by atoms with Crippen molar-refractivity contribution in [3.05, 3.63) is 29.8 Å². The Morgan fingerprint density at radius 1 is 1.19 bits per heavy atom. The zero-order chi connectivity index (χ0) is 18.0. The van der Waals surface area contributed by atoms with E-state index in [2.05, 4.69) is 45.7 Å². The van der Waals surface area contributed by atoms with E-state index in [4.69, 9.17) is 4.74 Å². The van der Waals surface area contributed by atoms with Crippen LogP contribution in [0.25, 0.3) is 0 Å². The minimum absolute atomic E-state index is 0. The Balaban J connectivity index is 0.00000210. The van der Waals surface area contributed by atoms with E-state index < -0.39 is 0 Å². The Morgan fingerprint density at radius 2 is 1.89 bits per heavy atom. The van der Waals surface area contributed by atoms with E-state index in [-0.39, 0.29) is 28.7 Å². The summed E-state index contributed by atoms with van der Waals surface area (Å²) in [5.41, 5.74) is 3.23. The van der Waals surface area contributed by atoms with Crippen molar-refractivity contribution in [2.24, 2.45) is 4.99 Å². The van der Waals surface area contributed by atoms with E-state index in [0.29, 0.717) is 5.41 Å². The molecule has 0 atom stereocenters. The van der Waals surface area contributed by atoms with Crippen LogP contribution in [-0.2, 0) is 10.2 Å². The molecular formula is C21H32IN3OS. The van der Waals surface area contributed by atoms with Gasteiger partial charge in [0, 0.05) is 49.2 Å². The molecule has 1 aromatic carbocycles. The molecule has 2 aliphatic heterocycles. The number of nitrogens with zero attached hydrogens (tertiary/aromatic N) is 2. The van der Waals surface area contributed by atoms with E-state index in [0.717, 1.165) is 45.1 Å². The van der Waals surface area contributed by atoms with Gasteiger partial charge in [-0.15, -0.1) is 24.0 Å². The van der Waals surface area contributed by atoms with Gasteiger partial charge < -0.3 is 15.0 Å². The molecule has 0 radical (unpaired) electrons. The van der Waals surface area contributed by atoms with Crippen LogP contribution in [0, 0.1) is 0 Å². The van der Waals surface area contributed by atoms with E-state index in [1.807, 2.05) is 18.8 Å². The first kappa shape index (κ1) is 21.2. The van der Waals surface area contributed by atoms with Gasteiger partial charge in [-0.25, -0.2) is 0 Å². The van der Waals surface area contributed by atoms with Gasteiger partial charge in [-0.1, -0.05) is 31.0 Å². The first-order chi connectivity index (χ1) is 12.7. The van der Waals surface area contributed by atoms with Gasteiger partial charge in [0.05, 0.1) is 0 Å². The van der Waals surface area contributed by atoms with Crippen molar-refractivity contribution in [1.29, 1.82) is 0 Å². The summed E-state index contributed by atoms with van der Waals surface area (Å²) in [7, 11) is 1.92. The highest BCUT2D eigenvalue weighted by Gasteiger charge is 2.45. The Kier molecular flexibility index (Phi) is 7.01. The Morgan fingerprint density at radius 3 is 2.56 bits per heavy atom. The molecule has 3 aliphatic rings. The van der Waals surface area contributed by atoms with Crippen LogP contribution in [0.3, 0.4) is 0 Å². The quantitative estimate of drug-likeness (QED) is 0.378. The average molecular weight is 501 g/mol. The number of para-hydroxylation sites is 1. The fourth-order valence-electron chi connectivity index (χ4n) is 5.03. The van der Waals surface area contributed by atoms with Crippen molar-refractivity contribution < 1.29 is 4.74 Å². The standard InChI is InChI=1S/C21H31N3OS.HI/c1-22-19(23-15-21(26-2)11-13-25-14-12-21)24-16-20(9-5-6-10-20)17-7-3-4-8-18(17)24;/h3-4,7-8H,5-6,9-16H2,1-2H3,(H,22,23);1H. The number of anilines is 1. The van der Waals surface area contributed by atoms with Crippen molar-refractivity contribution in [1.82, 2.24) is 5.32 Å². The lowest BCUT2D eigenvalue weighted by atomic mass is 9.81. The normalized spacial score (nSPS) is 23.2. The summed E-state index contributed by atoms with van der Waals surface area (Å²) in [6.45, 7) is 3.77. The molecule has 27 heavy (non-hydrogen) atoms. The number of aliphatic imine (C=N–C) groups is 1. The van der Waals surface area contributed by atoms with Crippen LogP contribution in [0.1, 0.15) is 44.1 Å². The minimum Gasteiger partial charge on any atom is -0.381 e. The molecule has 1 saturated heterocycles. The molecule has 0 unspecified atom stereocenters. The van der Waals surface area contributed by atoms with Crippen molar-refractivity contribution in [3.8, 4) is 0 Å². The molecule has 1 spiro atoms. The molecule has 4 rings (SSSR count). The average Bonchev–Trinajstić information content (AvgIpc) is 3.30. The van der Waals surface area contributed by atoms with Crippen LogP contribution in [0.4, 0.5) is 5.69 Å². The molecule has 150 valence electrons. The molecule has 2 heterocycles. The predicted molar refractivity (Wildman–Crippen MR) is 127 cm³/mol. The summed E-state index contributed by atoms with van der Waals surface area (Å²) in [5, 5.41) is 3.72. The maximum Gasteiger partial charge on any atom is 0.198 e. The molecule has 1 aliphatic carbocycles. The second-order valence-electron chi connectivity index (χ2n) is 7.99. The molecule has 1 aromatic rings. The van der Waals surface area contributed by atoms with Crippen LogP contribution in [0.2, 0.25) is 0 Å². The Bertz CT molecular complexity index is 669. The lowest BCUT2D eigenvalue weighted by molar-refractivity contribution is 0.0783. The number of nitrogens with one attached hydrogen (secondary N) is 1. The number of thioether (sulfide) groups is 1. The third kappa shape index (κ3) is 3.99. The van der Waals surface area contributed by atoms with E-state index in [9.17, 15) is 0 Å². The maximum atomic E-state index is 5.59. The van der Waals surface area contributed by atoms with Crippen LogP contribution in [-0.4, -0.2) is 50.3 Å². The number of benzene rings is 1. The third-order valence-electron chi connectivity index (χ3n) is 6.66. The zero-order valence-electron chi connectivity index (χ0n) is 16.5. The van der Waals surface area contributed by atoms with Crippen LogP contribution in [0.15, 0.2) is 29.3 Å². The van der Waals surface area contributed by atoms with Gasteiger partial charge in [0.25, 0.3) is 0 Å². The maximum absolute atomic E-state index is 5.59. The summed E-state index contributed by atoms with van der Waals surface area (Å²) < 4.78 is 5.85. The molecule has 2 fully saturated rings. The van der Waals surface area contributed by atoms with Crippen LogP contribution < -0.4 is 10.2 Å². The number of halogens is 1. The van der Waals surface area contributed by atoms with Crippen molar-refractivity contribution in [3.63, 3.8) is 0 Å². The third-order valence-corrected chi connectivity index (χ3v) is 8.08. The fourth-order valence-corrected chi connectivity index (χ4v) is 5.82. The molecule has 6 heteroatoms. The minimum atomic E-state index is 0. The number of fused-ring (bicyclic) bond motifs is 2. The topological polar surface area (TPSA) is 36.9 Å². The van der Waals surface area contributed by atoms with E-state index >= 15 is 0 Å². The summed E-state index contributed by atoms with van der Waals surface area (Å²) in [6, 6.07) is 8.97. The summed E-state index contributed by atoms with van der Waals surface area (Å²) in [6.07, 6.45) is 9.77. The monoisotopic (exact) mass is 501 g/mol. The molecular weight excluding hydrogens is 469 g/mol. The second kappa shape index (κ2) is 8.91. The van der Waals surface area contributed by atoms with Crippen molar-refractivity contribution in [2.45, 2.75) is 48.7 Å². The van der Waals surface area contributed by atoms with Gasteiger partial charge in [0.1, 0.15) is 0 Å². The number of hydrogen-bond acceptors (Lipinski definition) is 3. The highest BCUT2D eigenvalue weighted by Crippen LogP contribution is 2.50. The molecule has 0 amide bonds. The number of hydrogen-bond donors (Lipinski definition) is 1. The lowest BCUT2D eigenvalue weighted by Crippen LogP contribution is -2.50. The molecule has 4 nitrogen and oxygen atoms in total. The smallest absolute Gasteiger partial charge is 0.198 e. The SMILES string of the molecule is CN=C(NCC1(SC)CCOCC1)N1CC2(CCCC2)c2ccccc21.I. The Labute approximate surface area is 184 Å². The van der Waals surface area contributed by atoms with Crippen LogP contribution in [0.5, 0.6) is 0 Å². The summed E-state index contributed by atoms with van der Waals surface area (Å²) in [5.74, 6) is 1.03. The molecule has 0 bridgehead atoms. The van der Waals surface area contributed by atoms with Gasteiger partial charge in [0.15, 0.2) is 5.96 Å². The van der Waals surface area contributed by atoms with Gasteiger partial charge in [-0.2, -0.15) is 11.8 Å². The lowest BCUT2D eigenvalue weighted by Gasteiger charge is -2.37. The zero-order valence-corrected chi connectivity index (χ0v) is 19.6. The van der Waals surface area contributed by atoms with E-state index in [1.54, 1.807) is 0 Å². The summed E-state index contributed by atoms with van der Waals surface area (Å²) in [4.78, 5) is 7.10. The molecule has 1 saturated carbocycles. The number of ether oxygens (including phenoxy) is 1. The fraction of sp³-hybridized carbons (Fsp3) is 0.667. The number of rotatable bonds is 3. The van der Waals surface area contributed by atoms with Gasteiger partial charge in [-0.05, 0) is 43.6 Å². The largest absolute Gasteiger partial charge is 0.381 e. The first-order valence-electron chi connectivity index (χ1n) is 9.93. The predicted octanol–water partition coefficient (Wildman–Crippen LogP) is 4.42. The number of guanidine groups is 1. The van der Waals surface area contributed by atoms with Gasteiger partial charge in [-0.3, -0.25) is 4.99 Å². The molecule has 1 N–H and O–H groups in total. The summed E-state index contributed by atoms with van der Waals surface area (Å²) >= 11 is 1.98. The van der Waals surface area contributed by atoms with Gasteiger partial charge in [0.2, 0.25) is 0 Å². The highest BCUT2D eigenvalue weighted by molar-refractivity contribution is 14.0. The van der Waals surface area contributed by atoms with Gasteiger partial charge >= 0.3 is 0 Å². The highest BCUT2D eigenvalue weighted by atomic mass is 127. The van der Waals surface area contributed by atoms with Crippen molar-refractivity contribution in [2.75, 3.05) is 44.5 Å². The molecule has 0 aromatic heterocycles. The van der Waals surface area contributed by atoms with E-state index in [1.165, 1.54) is 36.9 Å². The van der Waals surface area contributed by atoms with Crippen molar-refractivity contribution >= 4 is 47.4 Å².